The number of anilines is 1. The molecule has 0 saturated carbocycles. The number of carbonyl (C=O) groups excluding carboxylic acids is 1. The molecule has 34 heavy (non-hydrogen) atoms. The van der Waals surface area contributed by atoms with Gasteiger partial charge >= 0.3 is 0 Å². The van der Waals surface area contributed by atoms with Gasteiger partial charge in [-0.25, -0.2) is 13.4 Å². The summed E-state index contributed by atoms with van der Waals surface area (Å²) < 4.78 is 37.7. The van der Waals surface area contributed by atoms with Crippen molar-refractivity contribution in [2.24, 2.45) is 5.92 Å². The van der Waals surface area contributed by atoms with Crippen molar-refractivity contribution >= 4 is 44.0 Å². The lowest BCUT2D eigenvalue weighted by molar-refractivity contribution is -0.120. The van der Waals surface area contributed by atoms with Gasteiger partial charge in [-0.05, 0) is 55.3 Å². The molecule has 1 aliphatic rings. The molecule has 1 amide bonds. The Morgan fingerprint density at radius 3 is 2.41 bits per heavy atom. The number of ether oxygens (including phenoxy) is 2. The molecule has 1 fully saturated rings. The minimum Gasteiger partial charge on any atom is -0.493 e. The van der Waals surface area contributed by atoms with Gasteiger partial charge in [0, 0.05) is 35.0 Å². The number of aromatic nitrogens is 1. The van der Waals surface area contributed by atoms with Crippen LogP contribution >= 0.6 is 22.9 Å². The summed E-state index contributed by atoms with van der Waals surface area (Å²) in [6, 6.07) is 11.6. The molecule has 3 aromatic rings. The topological polar surface area (TPSA) is 97.8 Å². The molecule has 1 saturated heterocycles. The van der Waals surface area contributed by atoms with Gasteiger partial charge in [-0.1, -0.05) is 11.6 Å². The van der Waals surface area contributed by atoms with E-state index in [0.29, 0.717) is 40.2 Å². The molecule has 180 valence electrons. The maximum Gasteiger partial charge on any atom is 0.243 e. The Morgan fingerprint density at radius 2 is 1.76 bits per heavy atom. The van der Waals surface area contributed by atoms with Gasteiger partial charge in [0.1, 0.15) is 0 Å². The molecular weight excluding hydrogens is 498 g/mol. The highest BCUT2D eigenvalue weighted by molar-refractivity contribution is 7.89. The van der Waals surface area contributed by atoms with Gasteiger partial charge in [-0.3, -0.25) is 4.79 Å². The number of rotatable bonds is 7. The van der Waals surface area contributed by atoms with Crippen LogP contribution in [0.5, 0.6) is 11.5 Å². The largest absolute Gasteiger partial charge is 0.493 e. The standard InChI is InChI=1S/C23H24ClN3O5S2/c1-31-20-8-3-16(13-21(20)32-2)19-14-33-23(25-19)26-22(28)15-9-11-27(12-10-15)34(29,30)18-6-4-17(24)5-7-18/h3-8,13-15H,9-12H2,1-2H3,(H,25,26,28). The summed E-state index contributed by atoms with van der Waals surface area (Å²) in [5.41, 5.74) is 1.56. The van der Waals surface area contributed by atoms with Crippen molar-refractivity contribution in [3.05, 3.63) is 52.9 Å². The van der Waals surface area contributed by atoms with Crippen LogP contribution in [0.3, 0.4) is 0 Å². The zero-order valence-corrected chi connectivity index (χ0v) is 21.0. The Bertz CT molecular complexity index is 1270. The molecule has 2 heterocycles. The quantitative estimate of drug-likeness (QED) is 0.491. The number of nitrogens with zero attached hydrogens (tertiary/aromatic N) is 2. The van der Waals surface area contributed by atoms with Crippen LogP contribution in [0.15, 0.2) is 52.7 Å². The highest BCUT2D eigenvalue weighted by atomic mass is 35.5. The maximum absolute atomic E-state index is 12.8. The maximum atomic E-state index is 12.8. The van der Waals surface area contributed by atoms with Gasteiger partial charge in [0.25, 0.3) is 0 Å². The second kappa shape index (κ2) is 10.3. The van der Waals surface area contributed by atoms with E-state index in [2.05, 4.69) is 10.3 Å². The minimum atomic E-state index is -3.61. The molecule has 1 aliphatic heterocycles. The first-order chi connectivity index (χ1) is 16.3. The highest BCUT2D eigenvalue weighted by Crippen LogP contribution is 2.34. The smallest absolute Gasteiger partial charge is 0.243 e. The molecule has 1 aromatic heterocycles. The number of sulfonamides is 1. The second-order valence-corrected chi connectivity index (χ2v) is 11.0. The van der Waals surface area contributed by atoms with Crippen molar-refractivity contribution in [3.8, 4) is 22.8 Å². The van der Waals surface area contributed by atoms with E-state index in [1.807, 2.05) is 17.5 Å². The molecule has 0 bridgehead atoms. The lowest BCUT2D eigenvalue weighted by Crippen LogP contribution is -2.41. The Balaban J connectivity index is 1.37. The molecular formula is C23H24ClN3O5S2. The van der Waals surface area contributed by atoms with Gasteiger partial charge in [0.05, 0.1) is 24.8 Å². The molecule has 11 heteroatoms. The molecule has 8 nitrogen and oxygen atoms in total. The Morgan fingerprint density at radius 1 is 1.09 bits per heavy atom. The predicted octanol–water partition coefficient (Wildman–Crippen LogP) is 4.52. The first-order valence-electron chi connectivity index (χ1n) is 10.6. The monoisotopic (exact) mass is 521 g/mol. The summed E-state index contributed by atoms with van der Waals surface area (Å²) in [6.45, 7) is 0.551. The molecule has 0 unspecified atom stereocenters. The van der Waals surface area contributed by atoms with E-state index in [-0.39, 0.29) is 29.8 Å². The number of methoxy groups -OCH3 is 2. The third-order valence-electron chi connectivity index (χ3n) is 5.69. The van der Waals surface area contributed by atoms with E-state index >= 15 is 0 Å². The lowest BCUT2D eigenvalue weighted by atomic mass is 9.97. The highest BCUT2D eigenvalue weighted by Gasteiger charge is 2.32. The van der Waals surface area contributed by atoms with E-state index < -0.39 is 10.0 Å². The zero-order valence-electron chi connectivity index (χ0n) is 18.7. The van der Waals surface area contributed by atoms with Crippen molar-refractivity contribution in [2.75, 3.05) is 32.6 Å². The van der Waals surface area contributed by atoms with Crippen LogP contribution in [0.4, 0.5) is 5.13 Å². The fourth-order valence-electron chi connectivity index (χ4n) is 3.78. The number of amides is 1. The number of nitrogens with one attached hydrogen (secondary N) is 1. The Labute approximate surface area is 207 Å². The van der Waals surface area contributed by atoms with Gasteiger partial charge in [0.15, 0.2) is 16.6 Å². The average Bonchev–Trinajstić information content (AvgIpc) is 3.32. The molecule has 0 atom stereocenters. The third kappa shape index (κ3) is 5.20. The summed E-state index contributed by atoms with van der Waals surface area (Å²) in [6.07, 6.45) is 0.874. The van der Waals surface area contributed by atoms with Crippen molar-refractivity contribution in [2.45, 2.75) is 17.7 Å². The van der Waals surface area contributed by atoms with E-state index in [0.717, 1.165) is 5.56 Å². The summed E-state index contributed by atoms with van der Waals surface area (Å²) in [7, 11) is -0.467. The van der Waals surface area contributed by atoms with E-state index in [4.69, 9.17) is 21.1 Å². The van der Waals surface area contributed by atoms with Crippen LogP contribution in [0.2, 0.25) is 5.02 Å². The van der Waals surface area contributed by atoms with Crippen LogP contribution in [-0.2, 0) is 14.8 Å². The van der Waals surface area contributed by atoms with E-state index in [1.54, 1.807) is 32.4 Å². The van der Waals surface area contributed by atoms with Gasteiger partial charge in [-0.15, -0.1) is 11.3 Å². The predicted molar refractivity (Wildman–Crippen MR) is 132 cm³/mol. The minimum absolute atomic E-state index is 0.156. The summed E-state index contributed by atoms with van der Waals surface area (Å²) in [5.74, 6) is 0.778. The fourth-order valence-corrected chi connectivity index (χ4v) is 6.10. The van der Waals surface area contributed by atoms with Crippen molar-refractivity contribution in [1.82, 2.24) is 9.29 Å². The normalized spacial score (nSPS) is 15.1. The van der Waals surface area contributed by atoms with E-state index in [1.165, 1.54) is 27.8 Å². The van der Waals surface area contributed by atoms with Crippen molar-refractivity contribution < 1.29 is 22.7 Å². The van der Waals surface area contributed by atoms with Gasteiger partial charge < -0.3 is 14.8 Å². The summed E-state index contributed by atoms with van der Waals surface area (Å²) in [5, 5.41) is 5.70. The molecule has 4 rings (SSSR count). The number of benzene rings is 2. The number of thiazole rings is 1. The number of carbonyl (C=O) groups is 1. The van der Waals surface area contributed by atoms with Crippen LogP contribution in [-0.4, -0.2) is 50.9 Å². The molecule has 2 aromatic carbocycles. The third-order valence-corrected chi connectivity index (χ3v) is 8.61. The van der Waals surface area contributed by atoms with Crippen molar-refractivity contribution in [3.63, 3.8) is 0 Å². The Hall–Kier alpha value is -2.66. The van der Waals surface area contributed by atoms with Gasteiger partial charge in [-0.2, -0.15) is 4.31 Å². The number of hydrogen-bond acceptors (Lipinski definition) is 7. The van der Waals surface area contributed by atoms with Crippen molar-refractivity contribution in [1.29, 1.82) is 0 Å². The molecule has 0 radical (unpaired) electrons. The second-order valence-electron chi connectivity index (χ2n) is 7.73. The molecule has 0 aliphatic carbocycles. The average molecular weight is 522 g/mol. The van der Waals surface area contributed by atoms with Crippen LogP contribution in [0.1, 0.15) is 12.8 Å². The molecule has 0 spiro atoms. The first kappa shape index (κ1) is 24.5. The zero-order chi connectivity index (χ0) is 24.3. The summed E-state index contributed by atoms with van der Waals surface area (Å²) in [4.78, 5) is 17.5. The van der Waals surface area contributed by atoms with Gasteiger partial charge in [0.2, 0.25) is 15.9 Å². The fraction of sp³-hybridized carbons (Fsp3) is 0.304. The number of hydrogen-bond donors (Lipinski definition) is 1. The summed E-state index contributed by atoms with van der Waals surface area (Å²) >= 11 is 7.19. The van der Waals surface area contributed by atoms with Crippen LogP contribution in [0.25, 0.3) is 11.3 Å². The lowest BCUT2D eigenvalue weighted by Gasteiger charge is -2.30. The van der Waals surface area contributed by atoms with Crippen LogP contribution < -0.4 is 14.8 Å². The number of halogens is 1. The first-order valence-corrected chi connectivity index (χ1v) is 13.3. The molecule has 1 N–H and O–H groups in total. The Kier molecular flexibility index (Phi) is 7.42. The SMILES string of the molecule is COc1ccc(-c2csc(NC(=O)C3CCN(S(=O)(=O)c4ccc(Cl)cc4)CC3)n2)cc1OC. The van der Waals surface area contributed by atoms with Crippen LogP contribution in [0, 0.1) is 5.92 Å². The van der Waals surface area contributed by atoms with E-state index in [9.17, 15) is 13.2 Å². The number of piperidine rings is 1.